The Morgan fingerprint density at radius 3 is 2.07 bits per heavy atom. The molecule has 1 aliphatic carbocycles. The number of carbonyl (C=O) groups is 1. The minimum atomic E-state index is -0.755. The summed E-state index contributed by atoms with van der Waals surface area (Å²) in [6.07, 6.45) is -0.379. The number of hydrogen-bond acceptors (Lipinski definition) is 3. The van der Waals surface area contributed by atoms with Gasteiger partial charge in [0.1, 0.15) is 0 Å². The zero-order chi connectivity index (χ0) is 11.6. The molecule has 0 amide bonds. The molecular formula is C11H20O4. The summed E-state index contributed by atoms with van der Waals surface area (Å²) in [5, 5.41) is 9.03. The van der Waals surface area contributed by atoms with Gasteiger partial charge in [-0.1, -0.05) is 13.8 Å². The van der Waals surface area contributed by atoms with Crippen molar-refractivity contribution in [3.63, 3.8) is 0 Å². The Labute approximate surface area is 90.6 Å². The average Bonchev–Trinajstić information content (AvgIpc) is 2.68. The summed E-state index contributed by atoms with van der Waals surface area (Å²) in [6, 6.07) is 0. The largest absolute Gasteiger partial charge is 0.481 e. The maximum atomic E-state index is 11.0. The second-order valence-corrected chi connectivity index (χ2v) is 4.44. The third-order valence-corrected chi connectivity index (χ3v) is 3.13. The van der Waals surface area contributed by atoms with E-state index in [-0.39, 0.29) is 23.5 Å². The zero-order valence-electron chi connectivity index (χ0n) is 9.82. The summed E-state index contributed by atoms with van der Waals surface area (Å²) >= 11 is 0. The van der Waals surface area contributed by atoms with E-state index < -0.39 is 5.97 Å². The van der Waals surface area contributed by atoms with Crippen LogP contribution in [0.2, 0.25) is 0 Å². The van der Waals surface area contributed by atoms with Gasteiger partial charge in [-0.25, -0.2) is 0 Å². The Morgan fingerprint density at radius 2 is 1.80 bits per heavy atom. The van der Waals surface area contributed by atoms with Gasteiger partial charge in [0.05, 0.1) is 5.92 Å². The van der Waals surface area contributed by atoms with Crippen molar-refractivity contribution in [2.24, 2.45) is 17.3 Å². The first kappa shape index (κ1) is 12.5. The molecule has 0 bridgehead atoms. The van der Waals surface area contributed by atoms with Crippen molar-refractivity contribution in [3.8, 4) is 0 Å². The summed E-state index contributed by atoms with van der Waals surface area (Å²) in [4.78, 5) is 11.0. The summed E-state index contributed by atoms with van der Waals surface area (Å²) in [5.74, 6) is -1.13. The normalized spacial score (nSPS) is 28.1. The van der Waals surface area contributed by atoms with Crippen molar-refractivity contribution in [2.45, 2.75) is 34.0 Å². The number of carboxylic acid groups (broad SMARTS) is 1. The summed E-state index contributed by atoms with van der Waals surface area (Å²) in [7, 11) is 0. The molecule has 4 heteroatoms. The van der Waals surface area contributed by atoms with Gasteiger partial charge in [0.2, 0.25) is 0 Å². The molecule has 1 rings (SSSR count). The van der Waals surface area contributed by atoms with Gasteiger partial charge in [0.15, 0.2) is 6.29 Å². The lowest BCUT2D eigenvalue weighted by molar-refractivity contribution is -0.159. The number of aliphatic carboxylic acids is 1. The van der Waals surface area contributed by atoms with Crippen LogP contribution in [0.4, 0.5) is 0 Å². The lowest BCUT2D eigenvalue weighted by atomic mass is 10.1. The highest BCUT2D eigenvalue weighted by atomic mass is 16.7. The maximum Gasteiger partial charge on any atom is 0.307 e. The molecule has 0 unspecified atom stereocenters. The van der Waals surface area contributed by atoms with E-state index in [0.29, 0.717) is 13.2 Å². The third kappa shape index (κ3) is 2.32. The van der Waals surface area contributed by atoms with Gasteiger partial charge >= 0.3 is 5.97 Å². The van der Waals surface area contributed by atoms with Crippen molar-refractivity contribution in [1.29, 1.82) is 0 Å². The van der Waals surface area contributed by atoms with E-state index in [9.17, 15) is 4.79 Å². The van der Waals surface area contributed by atoms with Crippen molar-refractivity contribution >= 4 is 5.97 Å². The van der Waals surface area contributed by atoms with Gasteiger partial charge in [-0.15, -0.1) is 0 Å². The summed E-state index contributed by atoms with van der Waals surface area (Å²) in [6.45, 7) is 8.75. The minimum absolute atomic E-state index is 0.0325. The van der Waals surface area contributed by atoms with Crippen LogP contribution in [0, 0.1) is 17.3 Å². The van der Waals surface area contributed by atoms with Crippen LogP contribution in [-0.2, 0) is 14.3 Å². The molecule has 1 saturated carbocycles. The van der Waals surface area contributed by atoms with Crippen molar-refractivity contribution in [1.82, 2.24) is 0 Å². The van der Waals surface area contributed by atoms with Gasteiger partial charge < -0.3 is 14.6 Å². The van der Waals surface area contributed by atoms with Gasteiger partial charge in [0, 0.05) is 19.1 Å². The van der Waals surface area contributed by atoms with E-state index in [4.69, 9.17) is 14.6 Å². The second kappa shape index (κ2) is 4.49. The number of carboxylic acids is 1. The fraction of sp³-hybridized carbons (Fsp3) is 0.909. The topological polar surface area (TPSA) is 55.8 Å². The standard InChI is InChI=1S/C11H20O4/c1-5-14-10(15-6-2)8-7(9(12)13)11(8,3)4/h7-8,10H,5-6H2,1-4H3,(H,12,13)/t7-,8-/m1/s1. The monoisotopic (exact) mass is 216 g/mol. The first-order valence-electron chi connectivity index (χ1n) is 5.42. The quantitative estimate of drug-likeness (QED) is 0.687. The first-order valence-corrected chi connectivity index (χ1v) is 5.42. The highest BCUT2D eigenvalue weighted by Crippen LogP contribution is 2.60. The van der Waals surface area contributed by atoms with E-state index in [1.54, 1.807) is 0 Å². The molecule has 1 N–H and O–H groups in total. The molecule has 0 radical (unpaired) electrons. The Balaban J connectivity index is 2.65. The fourth-order valence-electron chi connectivity index (χ4n) is 2.24. The smallest absolute Gasteiger partial charge is 0.307 e. The predicted molar refractivity (Wildman–Crippen MR) is 55.4 cm³/mol. The maximum absolute atomic E-state index is 11.0. The van der Waals surface area contributed by atoms with Crippen LogP contribution in [0.15, 0.2) is 0 Å². The molecule has 0 aromatic heterocycles. The average molecular weight is 216 g/mol. The summed E-state index contributed by atoms with van der Waals surface area (Å²) in [5.41, 5.74) is -0.221. The molecule has 0 aromatic rings. The van der Waals surface area contributed by atoms with Crippen LogP contribution in [-0.4, -0.2) is 30.6 Å². The van der Waals surface area contributed by atoms with Crippen LogP contribution in [0.3, 0.4) is 0 Å². The van der Waals surface area contributed by atoms with Gasteiger partial charge in [0.25, 0.3) is 0 Å². The van der Waals surface area contributed by atoms with E-state index in [1.165, 1.54) is 0 Å². The number of hydrogen-bond donors (Lipinski definition) is 1. The molecule has 0 aromatic carbocycles. The Kier molecular flexibility index (Phi) is 3.73. The first-order chi connectivity index (χ1) is 6.96. The van der Waals surface area contributed by atoms with Crippen molar-refractivity contribution in [3.05, 3.63) is 0 Å². The van der Waals surface area contributed by atoms with E-state index >= 15 is 0 Å². The van der Waals surface area contributed by atoms with E-state index in [2.05, 4.69) is 0 Å². The van der Waals surface area contributed by atoms with Crippen LogP contribution >= 0.6 is 0 Å². The van der Waals surface area contributed by atoms with Gasteiger partial charge in [-0.2, -0.15) is 0 Å². The molecule has 4 nitrogen and oxygen atoms in total. The van der Waals surface area contributed by atoms with Crippen LogP contribution in [0.5, 0.6) is 0 Å². The Hall–Kier alpha value is -0.610. The lowest BCUT2D eigenvalue weighted by Gasteiger charge is -2.18. The molecule has 15 heavy (non-hydrogen) atoms. The molecule has 0 saturated heterocycles. The zero-order valence-corrected chi connectivity index (χ0v) is 9.82. The molecule has 2 atom stereocenters. The van der Waals surface area contributed by atoms with E-state index in [0.717, 1.165) is 0 Å². The SMILES string of the molecule is CCOC(OCC)[C@H]1[C@H](C(=O)O)C1(C)C. The molecule has 0 aliphatic heterocycles. The Morgan fingerprint density at radius 1 is 1.33 bits per heavy atom. The van der Waals surface area contributed by atoms with E-state index in [1.807, 2.05) is 27.7 Å². The van der Waals surface area contributed by atoms with Crippen LogP contribution in [0.25, 0.3) is 0 Å². The number of rotatable bonds is 6. The highest BCUT2D eigenvalue weighted by molar-refractivity contribution is 5.75. The van der Waals surface area contributed by atoms with Crippen LogP contribution in [0.1, 0.15) is 27.7 Å². The third-order valence-electron chi connectivity index (χ3n) is 3.13. The molecule has 1 aliphatic rings. The van der Waals surface area contributed by atoms with Crippen molar-refractivity contribution in [2.75, 3.05) is 13.2 Å². The molecule has 1 fully saturated rings. The van der Waals surface area contributed by atoms with Gasteiger partial charge in [-0.3, -0.25) is 4.79 Å². The molecular weight excluding hydrogens is 196 g/mol. The van der Waals surface area contributed by atoms with Crippen LogP contribution < -0.4 is 0 Å². The fourth-order valence-corrected chi connectivity index (χ4v) is 2.24. The van der Waals surface area contributed by atoms with Gasteiger partial charge in [-0.05, 0) is 19.3 Å². The predicted octanol–water partition coefficient (Wildman–Crippen LogP) is 1.74. The minimum Gasteiger partial charge on any atom is -0.481 e. The molecule has 0 heterocycles. The summed E-state index contributed by atoms with van der Waals surface area (Å²) < 4.78 is 10.9. The number of ether oxygens (including phenoxy) is 2. The second-order valence-electron chi connectivity index (χ2n) is 4.44. The Bertz CT molecular complexity index is 231. The van der Waals surface area contributed by atoms with Crippen molar-refractivity contribution < 1.29 is 19.4 Å². The molecule has 88 valence electrons. The lowest BCUT2D eigenvalue weighted by Crippen LogP contribution is -2.23. The molecule has 0 spiro atoms. The highest BCUT2D eigenvalue weighted by Gasteiger charge is 2.66.